The monoisotopic (exact) mass is 459 g/mol. The molecule has 1 heterocycles. The van der Waals surface area contributed by atoms with Crippen molar-refractivity contribution in [3.63, 3.8) is 0 Å². The molecule has 0 atom stereocenters. The first kappa shape index (κ1) is 22.3. The molecule has 0 aliphatic heterocycles. The average molecular weight is 460 g/mol. The molecule has 0 saturated carbocycles. The number of hydrazone groups is 1. The van der Waals surface area contributed by atoms with Gasteiger partial charge in [0.25, 0.3) is 15.9 Å². The Morgan fingerprint density at radius 1 is 1.06 bits per heavy atom. The molecule has 31 heavy (non-hydrogen) atoms. The molecule has 0 radical (unpaired) electrons. The normalized spacial score (nSPS) is 11.3. The van der Waals surface area contributed by atoms with Crippen molar-refractivity contribution in [2.24, 2.45) is 5.10 Å². The highest BCUT2D eigenvalue weighted by Crippen LogP contribution is 2.33. The minimum atomic E-state index is -4.04. The van der Waals surface area contributed by atoms with Crippen LogP contribution in [0.5, 0.6) is 11.5 Å². The highest BCUT2D eigenvalue weighted by molar-refractivity contribution is 7.92. The second-order valence-electron chi connectivity index (χ2n) is 6.17. The van der Waals surface area contributed by atoms with E-state index in [1.807, 2.05) is 17.5 Å². The Balaban J connectivity index is 1.92. The lowest BCUT2D eigenvalue weighted by molar-refractivity contribution is -0.119. The first-order valence-electron chi connectivity index (χ1n) is 9.11. The van der Waals surface area contributed by atoms with E-state index in [1.54, 1.807) is 30.3 Å². The van der Waals surface area contributed by atoms with E-state index < -0.39 is 22.5 Å². The van der Waals surface area contributed by atoms with Gasteiger partial charge in [0.05, 0.1) is 31.0 Å². The third-order valence-corrected chi connectivity index (χ3v) is 6.79. The summed E-state index contributed by atoms with van der Waals surface area (Å²) in [6, 6.07) is 16.2. The molecule has 8 nitrogen and oxygen atoms in total. The summed E-state index contributed by atoms with van der Waals surface area (Å²) in [7, 11) is -1.11. The zero-order valence-corrected chi connectivity index (χ0v) is 18.5. The first-order chi connectivity index (χ1) is 15.0. The van der Waals surface area contributed by atoms with Gasteiger partial charge in [-0.3, -0.25) is 9.10 Å². The molecular weight excluding hydrogens is 438 g/mol. The van der Waals surface area contributed by atoms with Gasteiger partial charge in [0.1, 0.15) is 6.54 Å². The number of thiophene rings is 1. The minimum absolute atomic E-state index is 0.0553. The Bertz CT molecular complexity index is 1150. The van der Waals surface area contributed by atoms with Gasteiger partial charge in [-0.05, 0) is 35.7 Å². The summed E-state index contributed by atoms with van der Waals surface area (Å²) in [6.07, 6.45) is 1.50. The van der Waals surface area contributed by atoms with Crippen LogP contribution in [0.3, 0.4) is 0 Å². The number of sulfonamides is 1. The highest BCUT2D eigenvalue weighted by atomic mass is 32.2. The largest absolute Gasteiger partial charge is 0.493 e. The van der Waals surface area contributed by atoms with Crippen LogP contribution in [0.4, 0.5) is 5.69 Å². The molecule has 3 rings (SSSR count). The van der Waals surface area contributed by atoms with Crippen LogP contribution in [0.25, 0.3) is 0 Å². The lowest BCUT2D eigenvalue weighted by Gasteiger charge is -2.24. The van der Waals surface area contributed by atoms with Crippen LogP contribution >= 0.6 is 11.3 Å². The van der Waals surface area contributed by atoms with E-state index in [0.717, 1.165) is 9.18 Å². The Morgan fingerprint density at radius 2 is 1.81 bits per heavy atom. The molecule has 0 spiro atoms. The zero-order valence-electron chi connectivity index (χ0n) is 16.9. The predicted octanol–water partition coefficient (Wildman–Crippen LogP) is 3.11. The molecule has 0 unspecified atom stereocenters. The molecule has 1 amide bonds. The van der Waals surface area contributed by atoms with Crippen molar-refractivity contribution in [1.29, 1.82) is 0 Å². The van der Waals surface area contributed by atoms with Gasteiger partial charge < -0.3 is 9.47 Å². The van der Waals surface area contributed by atoms with Gasteiger partial charge >= 0.3 is 0 Å². The molecule has 0 aliphatic rings. The van der Waals surface area contributed by atoms with E-state index in [-0.39, 0.29) is 10.6 Å². The quantitative estimate of drug-likeness (QED) is 0.392. The second-order valence-corrected chi connectivity index (χ2v) is 9.01. The number of nitrogens with zero attached hydrogens (tertiary/aromatic N) is 2. The first-order valence-corrected chi connectivity index (χ1v) is 11.4. The van der Waals surface area contributed by atoms with E-state index in [4.69, 9.17) is 9.47 Å². The summed E-state index contributed by atoms with van der Waals surface area (Å²) in [5, 5.41) is 5.78. The Labute approximate surface area is 184 Å². The van der Waals surface area contributed by atoms with Crippen LogP contribution in [0.15, 0.2) is 76.0 Å². The number of nitrogens with one attached hydrogen (secondary N) is 1. The SMILES string of the molecule is COc1ccc(N(CC(=O)N/N=C\c2cccs2)S(=O)(=O)c2ccccc2)cc1OC. The summed E-state index contributed by atoms with van der Waals surface area (Å²) < 4.78 is 38.1. The van der Waals surface area contributed by atoms with Gasteiger partial charge in [-0.25, -0.2) is 13.8 Å². The molecular formula is C21H21N3O5S2. The maximum Gasteiger partial charge on any atom is 0.264 e. The maximum absolute atomic E-state index is 13.3. The van der Waals surface area contributed by atoms with Crippen molar-refractivity contribution in [2.45, 2.75) is 4.90 Å². The fourth-order valence-electron chi connectivity index (χ4n) is 2.71. The van der Waals surface area contributed by atoms with Crippen molar-refractivity contribution >= 4 is 39.2 Å². The number of hydrogen-bond acceptors (Lipinski definition) is 7. The van der Waals surface area contributed by atoms with Crippen molar-refractivity contribution in [3.8, 4) is 11.5 Å². The fraction of sp³-hybridized carbons (Fsp3) is 0.143. The number of rotatable bonds is 9. The fourth-order valence-corrected chi connectivity index (χ4v) is 4.73. The highest BCUT2D eigenvalue weighted by Gasteiger charge is 2.28. The standard InChI is InChI=1S/C21H21N3O5S2/c1-28-19-11-10-16(13-20(19)29-2)24(31(26,27)18-8-4-3-5-9-18)15-21(25)23-22-14-17-7-6-12-30-17/h3-14H,15H2,1-2H3,(H,23,25)/b22-14-. The molecule has 2 aromatic carbocycles. The summed E-state index contributed by atoms with van der Waals surface area (Å²) in [5.41, 5.74) is 2.62. The van der Waals surface area contributed by atoms with E-state index in [2.05, 4.69) is 10.5 Å². The lowest BCUT2D eigenvalue weighted by atomic mass is 10.2. The number of benzene rings is 2. The molecule has 0 bridgehead atoms. The number of anilines is 1. The number of amides is 1. The van der Waals surface area contributed by atoms with E-state index in [0.29, 0.717) is 11.5 Å². The maximum atomic E-state index is 13.3. The van der Waals surface area contributed by atoms with Gasteiger partial charge in [-0.1, -0.05) is 24.3 Å². The van der Waals surface area contributed by atoms with Crippen molar-refractivity contribution in [3.05, 3.63) is 70.9 Å². The molecule has 3 aromatic rings. The second kappa shape index (κ2) is 10.1. The van der Waals surface area contributed by atoms with Crippen LogP contribution in [0, 0.1) is 0 Å². The molecule has 0 saturated heterocycles. The third-order valence-electron chi connectivity index (χ3n) is 4.20. The molecule has 1 N–H and O–H groups in total. The smallest absolute Gasteiger partial charge is 0.264 e. The summed E-state index contributed by atoms with van der Waals surface area (Å²) in [5.74, 6) is 0.180. The summed E-state index contributed by atoms with van der Waals surface area (Å²) >= 11 is 1.46. The third kappa shape index (κ3) is 5.41. The number of hydrogen-bond donors (Lipinski definition) is 1. The number of carbonyl (C=O) groups excluding carboxylic acids is 1. The van der Waals surface area contributed by atoms with E-state index in [1.165, 1.54) is 50.0 Å². The van der Waals surface area contributed by atoms with Crippen molar-refractivity contribution in [2.75, 3.05) is 25.1 Å². The van der Waals surface area contributed by atoms with Crippen molar-refractivity contribution < 1.29 is 22.7 Å². The molecule has 10 heteroatoms. The van der Waals surface area contributed by atoms with Crippen LogP contribution in [-0.4, -0.2) is 41.3 Å². The molecule has 162 valence electrons. The van der Waals surface area contributed by atoms with Crippen LogP contribution in [0.2, 0.25) is 0 Å². The van der Waals surface area contributed by atoms with Gasteiger partial charge in [-0.2, -0.15) is 5.10 Å². The van der Waals surface area contributed by atoms with Gasteiger partial charge in [-0.15, -0.1) is 11.3 Å². The Kier molecular flexibility index (Phi) is 7.27. The topological polar surface area (TPSA) is 97.3 Å². The summed E-state index contributed by atoms with van der Waals surface area (Å²) in [6.45, 7) is -0.478. The Morgan fingerprint density at radius 3 is 2.45 bits per heavy atom. The number of methoxy groups -OCH3 is 2. The van der Waals surface area contributed by atoms with E-state index >= 15 is 0 Å². The molecule has 0 aliphatic carbocycles. The number of carbonyl (C=O) groups is 1. The average Bonchev–Trinajstić information content (AvgIpc) is 3.31. The predicted molar refractivity (Wildman–Crippen MR) is 121 cm³/mol. The zero-order chi connectivity index (χ0) is 22.3. The molecule has 0 fully saturated rings. The van der Waals surface area contributed by atoms with Gasteiger partial charge in [0.2, 0.25) is 0 Å². The minimum Gasteiger partial charge on any atom is -0.493 e. The Hall–Kier alpha value is -3.37. The van der Waals surface area contributed by atoms with E-state index in [9.17, 15) is 13.2 Å². The van der Waals surface area contributed by atoms with Crippen molar-refractivity contribution in [1.82, 2.24) is 5.43 Å². The van der Waals surface area contributed by atoms with Gasteiger partial charge in [0.15, 0.2) is 11.5 Å². The van der Waals surface area contributed by atoms with Gasteiger partial charge in [0, 0.05) is 10.9 Å². The van der Waals surface area contributed by atoms with Crippen LogP contribution in [0.1, 0.15) is 4.88 Å². The summed E-state index contributed by atoms with van der Waals surface area (Å²) in [4.78, 5) is 13.4. The van der Waals surface area contributed by atoms with Crippen LogP contribution < -0.4 is 19.2 Å². The molecule has 1 aromatic heterocycles. The lowest BCUT2D eigenvalue weighted by Crippen LogP contribution is -2.39. The number of ether oxygens (including phenoxy) is 2. The van der Waals surface area contributed by atoms with Crippen LogP contribution in [-0.2, 0) is 14.8 Å².